The average molecular weight is 554 g/mol. The van der Waals surface area contributed by atoms with Gasteiger partial charge in [-0.2, -0.15) is 0 Å². The number of likely N-dealkylation sites (tertiary alicyclic amines) is 1. The lowest BCUT2D eigenvalue weighted by atomic mass is 9.86. The molecule has 36 heavy (non-hydrogen) atoms. The number of piperidine rings is 1. The zero-order valence-corrected chi connectivity index (χ0v) is 21.4. The summed E-state index contributed by atoms with van der Waals surface area (Å²) in [6, 6.07) is 5.36. The SMILES string of the molecule is O=C1CCC(N2Cc3cc(O[C@H]4CCCC[C@@H]4N4CC(c5ncc(Br)cn5)C4)ccc3C2=O)C(=O)N1. The van der Waals surface area contributed by atoms with Crippen LogP contribution in [0.5, 0.6) is 5.75 Å². The Hall–Kier alpha value is -2.85. The van der Waals surface area contributed by atoms with Crippen LogP contribution in [0.2, 0.25) is 0 Å². The van der Waals surface area contributed by atoms with Crippen LogP contribution < -0.4 is 10.1 Å². The first-order chi connectivity index (χ1) is 17.5. The second-order valence-corrected chi connectivity index (χ2v) is 11.1. The van der Waals surface area contributed by atoms with E-state index in [1.54, 1.807) is 23.4 Å². The number of amides is 3. The van der Waals surface area contributed by atoms with Crippen molar-refractivity contribution in [2.75, 3.05) is 13.1 Å². The van der Waals surface area contributed by atoms with Crippen molar-refractivity contribution < 1.29 is 19.1 Å². The second-order valence-electron chi connectivity index (χ2n) is 10.1. The largest absolute Gasteiger partial charge is 0.489 e. The lowest BCUT2D eigenvalue weighted by Gasteiger charge is -2.47. The van der Waals surface area contributed by atoms with Crippen molar-refractivity contribution in [2.45, 2.75) is 69.2 Å². The molecule has 0 radical (unpaired) electrons. The van der Waals surface area contributed by atoms with E-state index in [0.29, 0.717) is 30.5 Å². The van der Waals surface area contributed by atoms with E-state index in [1.165, 1.54) is 6.42 Å². The number of nitrogens with one attached hydrogen (secondary N) is 1. The van der Waals surface area contributed by atoms with Gasteiger partial charge in [-0.05, 0) is 65.4 Å². The smallest absolute Gasteiger partial charge is 0.255 e. The molecule has 3 atom stereocenters. The quantitative estimate of drug-likeness (QED) is 0.567. The zero-order valence-electron chi connectivity index (χ0n) is 19.9. The molecule has 1 saturated carbocycles. The molecule has 1 aromatic carbocycles. The van der Waals surface area contributed by atoms with Crippen molar-refractivity contribution in [3.63, 3.8) is 0 Å². The molecular formula is C26H28BrN5O4. The van der Waals surface area contributed by atoms with Gasteiger partial charge in [0.05, 0.1) is 4.47 Å². The molecule has 4 heterocycles. The predicted molar refractivity (Wildman–Crippen MR) is 133 cm³/mol. The van der Waals surface area contributed by atoms with Crippen molar-refractivity contribution in [3.8, 4) is 5.75 Å². The van der Waals surface area contributed by atoms with Crippen molar-refractivity contribution in [2.24, 2.45) is 0 Å². The van der Waals surface area contributed by atoms with Gasteiger partial charge in [0.15, 0.2) is 0 Å². The summed E-state index contributed by atoms with van der Waals surface area (Å²) in [6.45, 7) is 2.23. The van der Waals surface area contributed by atoms with Crippen LogP contribution in [0.4, 0.5) is 0 Å². The summed E-state index contributed by atoms with van der Waals surface area (Å²) in [6.07, 6.45) is 8.74. The Morgan fingerprint density at radius 3 is 2.58 bits per heavy atom. The molecule has 1 N–H and O–H groups in total. The van der Waals surface area contributed by atoms with E-state index in [1.807, 2.05) is 12.1 Å². The number of aromatic nitrogens is 2. The van der Waals surface area contributed by atoms with Gasteiger partial charge in [-0.3, -0.25) is 24.6 Å². The molecule has 9 nitrogen and oxygen atoms in total. The highest BCUT2D eigenvalue weighted by Crippen LogP contribution is 2.36. The molecule has 2 saturated heterocycles. The highest BCUT2D eigenvalue weighted by molar-refractivity contribution is 9.10. The first kappa shape index (κ1) is 23.5. The van der Waals surface area contributed by atoms with Crippen LogP contribution in [0.1, 0.15) is 66.2 Å². The van der Waals surface area contributed by atoms with Crippen LogP contribution in [0, 0.1) is 0 Å². The molecule has 0 bridgehead atoms. The van der Waals surface area contributed by atoms with Gasteiger partial charge >= 0.3 is 0 Å². The molecule has 4 aliphatic rings. The lowest BCUT2D eigenvalue weighted by Crippen LogP contribution is -2.57. The molecule has 1 aliphatic carbocycles. The summed E-state index contributed by atoms with van der Waals surface area (Å²) in [7, 11) is 0. The first-order valence-corrected chi connectivity index (χ1v) is 13.4. The summed E-state index contributed by atoms with van der Waals surface area (Å²) < 4.78 is 7.41. The number of hydrogen-bond acceptors (Lipinski definition) is 7. The minimum Gasteiger partial charge on any atom is -0.489 e. The first-order valence-electron chi connectivity index (χ1n) is 12.6. The zero-order chi connectivity index (χ0) is 24.8. The Balaban J connectivity index is 1.11. The Morgan fingerprint density at radius 2 is 1.81 bits per heavy atom. The predicted octanol–water partition coefficient (Wildman–Crippen LogP) is 2.79. The minimum absolute atomic E-state index is 0.0897. The van der Waals surface area contributed by atoms with E-state index < -0.39 is 11.9 Å². The van der Waals surface area contributed by atoms with Crippen molar-refractivity contribution >= 4 is 33.7 Å². The van der Waals surface area contributed by atoms with Gasteiger partial charge in [-0.15, -0.1) is 0 Å². The number of rotatable bonds is 5. The number of fused-ring (bicyclic) bond motifs is 1. The summed E-state index contributed by atoms with van der Waals surface area (Å²) in [5.74, 6) is 1.17. The fourth-order valence-corrected chi connectivity index (χ4v) is 6.12. The van der Waals surface area contributed by atoms with Gasteiger partial charge < -0.3 is 9.64 Å². The third-order valence-electron chi connectivity index (χ3n) is 7.83. The van der Waals surface area contributed by atoms with Crippen molar-refractivity contribution in [3.05, 3.63) is 52.0 Å². The van der Waals surface area contributed by atoms with Crippen LogP contribution in [0.3, 0.4) is 0 Å². The summed E-state index contributed by atoms with van der Waals surface area (Å²) >= 11 is 3.40. The van der Waals surface area contributed by atoms with Gasteiger partial charge in [0.2, 0.25) is 11.8 Å². The Kier molecular flexibility index (Phi) is 6.25. The number of hydrogen-bond donors (Lipinski definition) is 1. The number of carbonyl (C=O) groups is 3. The van der Waals surface area contributed by atoms with Crippen LogP contribution in [-0.4, -0.2) is 68.8 Å². The molecule has 10 heteroatoms. The third kappa shape index (κ3) is 4.41. The molecular weight excluding hydrogens is 526 g/mol. The van der Waals surface area contributed by atoms with E-state index in [9.17, 15) is 14.4 Å². The normalized spacial score (nSPS) is 27.0. The molecule has 3 amide bonds. The van der Waals surface area contributed by atoms with Gasteiger partial charge in [-0.1, -0.05) is 6.42 Å². The molecule has 1 unspecified atom stereocenters. The molecule has 6 rings (SSSR count). The van der Waals surface area contributed by atoms with Gasteiger partial charge in [0.25, 0.3) is 5.91 Å². The monoisotopic (exact) mass is 553 g/mol. The van der Waals surface area contributed by atoms with E-state index in [4.69, 9.17) is 4.74 Å². The lowest BCUT2D eigenvalue weighted by molar-refractivity contribution is -0.136. The topological polar surface area (TPSA) is 105 Å². The summed E-state index contributed by atoms with van der Waals surface area (Å²) in [4.78, 5) is 49.8. The van der Waals surface area contributed by atoms with E-state index in [-0.39, 0.29) is 24.3 Å². The van der Waals surface area contributed by atoms with Crippen LogP contribution in [-0.2, 0) is 16.1 Å². The summed E-state index contributed by atoms with van der Waals surface area (Å²) in [5, 5.41) is 2.35. The number of halogens is 1. The van der Waals surface area contributed by atoms with Crippen molar-refractivity contribution in [1.82, 2.24) is 25.1 Å². The number of nitrogens with zero attached hydrogens (tertiary/aromatic N) is 4. The highest BCUT2D eigenvalue weighted by atomic mass is 79.9. The van der Waals surface area contributed by atoms with Crippen LogP contribution in [0.15, 0.2) is 35.1 Å². The summed E-state index contributed by atoms with van der Waals surface area (Å²) in [5.41, 5.74) is 1.47. The molecule has 0 spiro atoms. The Morgan fingerprint density at radius 1 is 1.03 bits per heavy atom. The van der Waals surface area contributed by atoms with E-state index in [0.717, 1.165) is 54.0 Å². The Labute approximate surface area is 217 Å². The maximum Gasteiger partial charge on any atom is 0.255 e. The van der Waals surface area contributed by atoms with Gasteiger partial charge in [0.1, 0.15) is 23.7 Å². The fourth-order valence-electron chi connectivity index (χ4n) is 5.91. The fraction of sp³-hybridized carbons (Fsp3) is 0.500. The number of imide groups is 1. The maximum atomic E-state index is 13.0. The molecule has 1 aromatic heterocycles. The maximum absolute atomic E-state index is 13.0. The third-order valence-corrected chi connectivity index (χ3v) is 8.24. The number of ether oxygens (including phenoxy) is 1. The standard InChI is InChI=1S/C26H28BrN5O4/c27-17-10-28-24(29-11-17)16-12-31(13-16)20-3-1-2-4-22(20)36-18-5-6-19-15(9-18)14-32(26(19)35)21-7-8-23(33)30-25(21)34/h5-6,9-11,16,20-22H,1-4,7-8,12-14H2,(H,30,33,34)/t20-,21?,22-/m0/s1. The van der Waals surface area contributed by atoms with Gasteiger partial charge in [0, 0.05) is 56.0 Å². The average Bonchev–Trinajstić information content (AvgIpc) is 3.16. The van der Waals surface area contributed by atoms with Crippen molar-refractivity contribution in [1.29, 1.82) is 0 Å². The second kappa shape index (κ2) is 9.55. The van der Waals surface area contributed by atoms with E-state index >= 15 is 0 Å². The molecule has 2 aromatic rings. The highest BCUT2D eigenvalue weighted by Gasteiger charge is 2.41. The Bertz CT molecular complexity index is 1200. The minimum atomic E-state index is -0.608. The molecule has 3 aliphatic heterocycles. The van der Waals surface area contributed by atoms with Crippen LogP contribution in [0.25, 0.3) is 0 Å². The number of carbonyl (C=O) groups excluding carboxylic acids is 3. The van der Waals surface area contributed by atoms with E-state index in [2.05, 4.69) is 36.1 Å². The number of benzene rings is 1. The molecule has 3 fully saturated rings. The van der Waals surface area contributed by atoms with Crippen LogP contribution >= 0.6 is 15.9 Å². The van der Waals surface area contributed by atoms with Gasteiger partial charge in [-0.25, -0.2) is 9.97 Å². The molecule has 188 valence electrons.